The molecule has 0 spiro atoms. The summed E-state index contributed by atoms with van der Waals surface area (Å²) >= 11 is 0. The first kappa shape index (κ1) is 17.9. The molecule has 0 N–H and O–H groups in total. The molecule has 1 aromatic heterocycles. The van der Waals surface area contributed by atoms with E-state index in [1.165, 1.54) is 16.4 Å². The predicted molar refractivity (Wildman–Crippen MR) is 89.0 cm³/mol. The van der Waals surface area contributed by atoms with Crippen LogP contribution >= 0.6 is 0 Å². The quantitative estimate of drug-likeness (QED) is 0.535. The van der Waals surface area contributed by atoms with Gasteiger partial charge in [0.15, 0.2) is 0 Å². The molecule has 3 rings (SSSR count). The van der Waals surface area contributed by atoms with Crippen molar-refractivity contribution in [1.82, 2.24) is 24.0 Å². The summed E-state index contributed by atoms with van der Waals surface area (Å²) in [6.45, 7) is 1.81. The molecule has 0 bridgehead atoms. The van der Waals surface area contributed by atoms with Gasteiger partial charge in [-0.3, -0.25) is 14.7 Å². The van der Waals surface area contributed by atoms with Crippen LogP contribution in [0.4, 0.5) is 5.69 Å². The molecule has 26 heavy (non-hydrogen) atoms. The van der Waals surface area contributed by atoms with Crippen molar-refractivity contribution >= 4 is 15.7 Å². The predicted octanol–water partition coefficient (Wildman–Crippen LogP) is -0.0167. The Labute approximate surface area is 149 Å². The molecule has 0 radical (unpaired) electrons. The number of rotatable bonds is 4. The van der Waals surface area contributed by atoms with Crippen LogP contribution in [0.3, 0.4) is 0 Å². The lowest BCUT2D eigenvalue weighted by Crippen LogP contribution is -2.47. The molecule has 0 saturated carbocycles. The number of likely N-dealkylation sites (N-methyl/N-ethyl adjacent to an activating group) is 1. The second-order valence-electron chi connectivity index (χ2n) is 5.75. The zero-order valence-electron chi connectivity index (χ0n) is 13.8. The fourth-order valence-electron chi connectivity index (χ4n) is 2.68. The molecule has 2 heterocycles. The van der Waals surface area contributed by atoms with Crippen LogP contribution in [0, 0.1) is 21.4 Å². The molecule has 11 nitrogen and oxygen atoms in total. The van der Waals surface area contributed by atoms with Crippen molar-refractivity contribution in [2.24, 2.45) is 0 Å². The van der Waals surface area contributed by atoms with Gasteiger partial charge in [0, 0.05) is 32.2 Å². The van der Waals surface area contributed by atoms with E-state index in [2.05, 4.69) is 10.2 Å². The normalized spacial score (nSPS) is 16.3. The average Bonchev–Trinajstić information content (AvgIpc) is 3.10. The number of benzene rings is 1. The van der Waals surface area contributed by atoms with Gasteiger partial charge in [-0.25, -0.2) is 8.42 Å². The largest absolute Gasteiger partial charge is 0.304 e. The third-order valence-electron chi connectivity index (χ3n) is 4.15. The summed E-state index contributed by atoms with van der Waals surface area (Å²) in [5.74, 6) is -0.136. The summed E-state index contributed by atoms with van der Waals surface area (Å²) in [5, 5.41) is 27.6. The summed E-state index contributed by atoms with van der Waals surface area (Å²) in [6, 6.07) is 5.35. The maximum Gasteiger partial charge on any atom is 0.294 e. The van der Waals surface area contributed by atoms with Crippen LogP contribution in [0.5, 0.6) is 0 Å². The van der Waals surface area contributed by atoms with Crippen molar-refractivity contribution in [2.75, 3.05) is 33.2 Å². The van der Waals surface area contributed by atoms with E-state index in [4.69, 9.17) is 5.26 Å². The first-order chi connectivity index (χ1) is 12.3. The number of nitro benzene ring substituents is 1. The van der Waals surface area contributed by atoms with Crippen molar-refractivity contribution in [1.29, 1.82) is 5.26 Å². The van der Waals surface area contributed by atoms with E-state index in [0.29, 0.717) is 26.2 Å². The van der Waals surface area contributed by atoms with Gasteiger partial charge in [-0.1, -0.05) is 0 Å². The van der Waals surface area contributed by atoms with E-state index >= 15 is 0 Å². The standard InChI is InChI=1S/C14H15N7O4S/c1-18-4-6-19(7-5-18)26(24,25)11-2-3-12(13(8-11)21(22)23)20-10-16-17-14(20)9-15/h2-3,8,10H,4-7H2,1H3. The molecule has 1 aliphatic heterocycles. The fraction of sp³-hybridized carbons (Fsp3) is 0.357. The van der Waals surface area contributed by atoms with Crippen molar-refractivity contribution in [3.63, 3.8) is 0 Å². The number of piperazine rings is 1. The molecule has 136 valence electrons. The average molecular weight is 377 g/mol. The minimum Gasteiger partial charge on any atom is -0.304 e. The molecule has 1 saturated heterocycles. The van der Waals surface area contributed by atoms with Crippen molar-refractivity contribution in [2.45, 2.75) is 4.90 Å². The first-order valence-corrected chi connectivity index (χ1v) is 9.06. The molecular formula is C14H15N7O4S. The molecule has 1 fully saturated rings. The van der Waals surface area contributed by atoms with Gasteiger partial charge in [-0.15, -0.1) is 10.2 Å². The Kier molecular flexibility index (Phi) is 4.68. The van der Waals surface area contributed by atoms with Crippen molar-refractivity contribution in [3.05, 3.63) is 40.5 Å². The number of nitriles is 1. The lowest BCUT2D eigenvalue weighted by atomic mass is 10.2. The highest BCUT2D eigenvalue weighted by atomic mass is 32.2. The molecule has 0 amide bonds. The second kappa shape index (κ2) is 6.79. The highest BCUT2D eigenvalue weighted by molar-refractivity contribution is 7.89. The smallest absolute Gasteiger partial charge is 0.294 e. The van der Waals surface area contributed by atoms with Crippen LogP contribution < -0.4 is 0 Å². The Morgan fingerprint density at radius 2 is 1.96 bits per heavy atom. The van der Waals surface area contributed by atoms with Gasteiger partial charge in [-0.05, 0) is 19.2 Å². The summed E-state index contributed by atoms with van der Waals surface area (Å²) in [7, 11) is -1.95. The van der Waals surface area contributed by atoms with Crippen LogP contribution in [0.25, 0.3) is 5.69 Å². The highest BCUT2D eigenvalue weighted by Crippen LogP contribution is 2.28. The lowest BCUT2D eigenvalue weighted by molar-refractivity contribution is -0.384. The fourth-order valence-corrected chi connectivity index (χ4v) is 4.12. The summed E-state index contributed by atoms with van der Waals surface area (Å²) in [4.78, 5) is 12.6. The van der Waals surface area contributed by atoms with Gasteiger partial charge in [0.05, 0.1) is 9.82 Å². The Balaban J connectivity index is 2.04. The number of nitrogens with zero attached hydrogens (tertiary/aromatic N) is 7. The summed E-state index contributed by atoms with van der Waals surface area (Å²) in [5.41, 5.74) is -0.426. The Morgan fingerprint density at radius 3 is 2.58 bits per heavy atom. The molecule has 0 unspecified atom stereocenters. The summed E-state index contributed by atoms with van der Waals surface area (Å²) in [6.07, 6.45) is 1.16. The van der Waals surface area contributed by atoms with Gasteiger partial charge >= 0.3 is 0 Å². The minimum absolute atomic E-state index is 0.0221. The molecule has 2 aromatic rings. The van der Waals surface area contributed by atoms with Gasteiger partial charge < -0.3 is 4.90 Å². The Bertz CT molecular complexity index is 987. The molecule has 1 aromatic carbocycles. The second-order valence-corrected chi connectivity index (χ2v) is 7.69. The van der Waals surface area contributed by atoms with E-state index in [-0.39, 0.29) is 16.4 Å². The maximum absolute atomic E-state index is 12.8. The first-order valence-electron chi connectivity index (χ1n) is 7.62. The molecular weight excluding hydrogens is 362 g/mol. The van der Waals surface area contributed by atoms with Gasteiger partial charge in [0.1, 0.15) is 18.1 Å². The van der Waals surface area contributed by atoms with Crippen LogP contribution in [0.1, 0.15) is 5.82 Å². The van der Waals surface area contributed by atoms with Crippen LogP contribution in [0.15, 0.2) is 29.4 Å². The zero-order chi connectivity index (χ0) is 18.9. The van der Waals surface area contributed by atoms with E-state index in [1.807, 2.05) is 11.9 Å². The number of hydrogen-bond donors (Lipinski definition) is 0. The van der Waals surface area contributed by atoms with Crippen LogP contribution in [-0.4, -0.2) is 70.5 Å². The van der Waals surface area contributed by atoms with Crippen molar-refractivity contribution < 1.29 is 13.3 Å². The number of sulfonamides is 1. The van der Waals surface area contributed by atoms with Gasteiger partial charge in [0.25, 0.3) is 5.69 Å². The van der Waals surface area contributed by atoms with Crippen molar-refractivity contribution in [3.8, 4) is 11.8 Å². The Morgan fingerprint density at radius 1 is 1.27 bits per heavy atom. The van der Waals surface area contributed by atoms with E-state index in [1.54, 1.807) is 6.07 Å². The third kappa shape index (κ3) is 3.15. The summed E-state index contributed by atoms with van der Waals surface area (Å²) < 4.78 is 28.0. The number of aromatic nitrogens is 3. The molecule has 12 heteroatoms. The monoisotopic (exact) mass is 377 g/mol. The lowest BCUT2D eigenvalue weighted by Gasteiger charge is -2.31. The molecule has 1 aliphatic rings. The minimum atomic E-state index is -3.85. The van der Waals surface area contributed by atoms with Gasteiger partial charge in [-0.2, -0.15) is 9.57 Å². The molecule has 0 aliphatic carbocycles. The topological polar surface area (TPSA) is 138 Å². The number of hydrogen-bond acceptors (Lipinski definition) is 8. The van der Waals surface area contributed by atoms with Gasteiger partial charge in [0.2, 0.25) is 15.8 Å². The van der Waals surface area contributed by atoms with Crippen LogP contribution in [0.2, 0.25) is 0 Å². The molecule has 0 atom stereocenters. The Hall–Kier alpha value is -2.88. The maximum atomic E-state index is 12.8. The van der Waals surface area contributed by atoms with E-state index in [9.17, 15) is 18.5 Å². The van der Waals surface area contributed by atoms with Crippen LogP contribution in [-0.2, 0) is 10.0 Å². The third-order valence-corrected chi connectivity index (χ3v) is 6.05. The SMILES string of the molecule is CN1CCN(S(=O)(=O)c2ccc(-n3cnnc3C#N)c([N+](=O)[O-])c2)CC1. The number of nitro groups is 1. The zero-order valence-corrected chi connectivity index (χ0v) is 14.6. The van der Waals surface area contributed by atoms with E-state index in [0.717, 1.165) is 17.0 Å². The van der Waals surface area contributed by atoms with E-state index < -0.39 is 20.6 Å². The highest BCUT2D eigenvalue weighted by Gasteiger charge is 2.30.